The van der Waals surface area contributed by atoms with Gasteiger partial charge < -0.3 is 24.8 Å². The number of nitrogens with zero attached hydrogens (tertiary/aromatic N) is 1. The van der Waals surface area contributed by atoms with E-state index in [1.54, 1.807) is 39.0 Å². The summed E-state index contributed by atoms with van der Waals surface area (Å²) in [5.41, 5.74) is 6.65. The van der Waals surface area contributed by atoms with Gasteiger partial charge in [-0.05, 0) is 50.1 Å². The minimum absolute atomic E-state index is 0.0532. The maximum absolute atomic E-state index is 12.9. The summed E-state index contributed by atoms with van der Waals surface area (Å²) in [7, 11) is 0. The Bertz CT molecular complexity index is 1080. The first-order chi connectivity index (χ1) is 16.0. The van der Waals surface area contributed by atoms with Crippen molar-refractivity contribution in [2.24, 2.45) is 5.73 Å². The van der Waals surface area contributed by atoms with E-state index >= 15 is 0 Å². The van der Waals surface area contributed by atoms with E-state index in [0.29, 0.717) is 16.9 Å². The molecule has 3 rings (SSSR count). The highest BCUT2D eigenvalue weighted by molar-refractivity contribution is 6.01. The molecule has 0 spiro atoms. The van der Waals surface area contributed by atoms with E-state index in [1.165, 1.54) is 4.90 Å². The molecule has 2 aromatic rings. The maximum atomic E-state index is 12.9. The fraction of sp³-hybridized carbons (Fsp3) is 0.360. The highest BCUT2D eigenvalue weighted by atomic mass is 16.6. The zero-order valence-electron chi connectivity index (χ0n) is 19.4. The monoisotopic (exact) mass is 468 g/mol. The van der Waals surface area contributed by atoms with Crippen LogP contribution in [0.15, 0.2) is 48.5 Å². The van der Waals surface area contributed by atoms with E-state index in [9.17, 15) is 19.2 Å². The number of amides is 2. The lowest BCUT2D eigenvalue weighted by Gasteiger charge is -2.24. The minimum atomic E-state index is -1.16. The van der Waals surface area contributed by atoms with Crippen molar-refractivity contribution in [3.8, 4) is 5.75 Å². The van der Waals surface area contributed by atoms with Crippen LogP contribution in [0.25, 0.3) is 0 Å². The fourth-order valence-electron chi connectivity index (χ4n) is 3.49. The van der Waals surface area contributed by atoms with Gasteiger partial charge in [-0.3, -0.25) is 14.4 Å². The van der Waals surface area contributed by atoms with E-state index in [4.69, 9.17) is 19.9 Å². The van der Waals surface area contributed by atoms with Crippen LogP contribution in [0.4, 0.5) is 0 Å². The van der Waals surface area contributed by atoms with Gasteiger partial charge in [0.2, 0.25) is 5.91 Å². The molecular formula is C25H28N2O7. The van der Waals surface area contributed by atoms with Gasteiger partial charge in [0.15, 0.2) is 6.61 Å². The number of carbonyl (C=O) groups is 4. The zero-order chi connectivity index (χ0) is 24.9. The highest BCUT2D eigenvalue weighted by Gasteiger charge is 2.37. The number of hydrogen-bond acceptors (Lipinski definition) is 7. The molecule has 0 aromatic heterocycles. The summed E-state index contributed by atoms with van der Waals surface area (Å²) in [6.07, 6.45) is -0.357. The SMILES string of the molecule is CC(C)(C)OC(=O)COc1ccc2c(c1)CN(C(CC(=O)OCc1ccccc1)C(N)=O)C2=O. The van der Waals surface area contributed by atoms with Crippen LogP contribution in [0.5, 0.6) is 5.75 Å². The third-order valence-corrected chi connectivity index (χ3v) is 4.99. The first kappa shape index (κ1) is 24.8. The summed E-state index contributed by atoms with van der Waals surface area (Å²) in [6.45, 7) is 5.10. The van der Waals surface area contributed by atoms with Crippen molar-refractivity contribution in [3.05, 3.63) is 65.2 Å². The van der Waals surface area contributed by atoms with Crippen LogP contribution < -0.4 is 10.5 Å². The van der Waals surface area contributed by atoms with Crippen LogP contribution in [0, 0.1) is 0 Å². The molecule has 180 valence electrons. The second-order valence-electron chi connectivity index (χ2n) is 8.90. The standard InChI is InChI=1S/C25H28N2O7/c1-25(2,3)34-22(29)15-32-18-9-10-19-17(11-18)13-27(24(19)31)20(23(26)30)12-21(28)33-14-16-7-5-4-6-8-16/h4-11,20H,12-15H2,1-3H3,(H2,26,30). The Morgan fingerprint density at radius 1 is 1.06 bits per heavy atom. The average molecular weight is 469 g/mol. The second kappa shape index (κ2) is 10.4. The molecule has 1 aliphatic rings. The number of fused-ring (bicyclic) bond motifs is 1. The molecule has 0 saturated carbocycles. The summed E-state index contributed by atoms with van der Waals surface area (Å²) < 4.78 is 15.9. The Morgan fingerprint density at radius 3 is 2.41 bits per heavy atom. The lowest BCUT2D eigenvalue weighted by molar-refractivity contribution is -0.157. The highest BCUT2D eigenvalue weighted by Crippen LogP contribution is 2.29. The Morgan fingerprint density at radius 2 is 1.76 bits per heavy atom. The molecule has 0 aliphatic carbocycles. The largest absolute Gasteiger partial charge is 0.482 e. The number of carbonyl (C=O) groups excluding carboxylic acids is 4. The van der Waals surface area contributed by atoms with Crippen LogP contribution in [0.3, 0.4) is 0 Å². The molecule has 9 heteroatoms. The second-order valence-corrected chi connectivity index (χ2v) is 8.90. The Kier molecular flexibility index (Phi) is 7.55. The summed E-state index contributed by atoms with van der Waals surface area (Å²) in [6, 6.07) is 12.7. The van der Waals surface area contributed by atoms with Gasteiger partial charge in [-0.25, -0.2) is 4.79 Å². The van der Waals surface area contributed by atoms with Crippen molar-refractivity contribution in [1.82, 2.24) is 4.90 Å². The first-order valence-electron chi connectivity index (χ1n) is 10.8. The molecule has 9 nitrogen and oxygen atoms in total. The number of benzene rings is 2. The van der Waals surface area contributed by atoms with Crippen molar-refractivity contribution < 1.29 is 33.4 Å². The lowest BCUT2D eigenvalue weighted by atomic mass is 10.1. The van der Waals surface area contributed by atoms with Crippen LogP contribution >= 0.6 is 0 Å². The molecule has 34 heavy (non-hydrogen) atoms. The van der Waals surface area contributed by atoms with Gasteiger partial charge in [-0.2, -0.15) is 0 Å². The van der Waals surface area contributed by atoms with Gasteiger partial charge in [-0.1, -0.05) is 30.3 Å². The molecule has 0 radical (unpaired) electrons. The molecule has 0 bridgehead atoms. The number of nitrogens with two attached hydrogens (primary N) is 1. The summed E-state index contributed by atoms with van der Waals surface area (Å²) in [5.74, 6) is -2.02. The molecule has 1 heterocycles. The van der Waals surface area contributed by atoms with Crippen LogP contribution in [-0.4, -0.2) is 46.9 Å². The molecule has 1 aliphatic heterocycles. The van der Waals surface area contributed by atoms with E-state index in [-0.39, 0.29) is 26.2 Å². The minimum Gasteiger partial charge on any atom is -0.482 e. The van der Waals surface area contributed by atoms with Crippen molar-refractivity contribution in [2.45, 2.75) is 52.0 Å². The molecule has 2 N–H and O–H groups in total. The van der Waals surface area contributed by atoms with Crippen molar-refractivity contribution in [1.29, 1.82) is 0 Å². The van der Waals surface area contributed by atoms with Crippen LogP contribution in [0.2, 0.25) is 0 Å². The Hall–Kier alpha value is -3.88. The first-order valence-corrected chi connectivity index (χ1v) is 10.8. The maximum Gasteiger partial charge on any atom is 0.344 e. The number of esters is 2. The normalized spacial score (nSPS) is 13.7. The fourth-order valence-corrected chi connectivity index (χ4v) is 3.49. The third kappa shape index (κ3) is 6.57. The van der Waals surface area contributed by atoms with Gasteiger partial charge in [-0.15, -0.1) is 0 Å². The smallest absolute Gasteiger partial charge is 0.344 e. The number of hydrogen-bond donors (Lipinski definition) is 1. The predicted octanol–water partition coefficient (Wildman–Crippen LogP) is 2.35. The van der Waals surface area contributed by atoms with E-state index in [2.05, 4.69) is 0 Å². The quantitative estimate of drug-likeness (QED) is 0.560. The van der Waals surface area contributed by atoms with Gasteiger partial charge in [0.25, 0.3) is 5.91 Å². The number of primary amides is 1. The van der Waals surface area contributed by atoms with Gasteiger partial charge in [0, 0.05) is 12.1 Å². The predicted molar refractivity (Wildman–Crippen MR) is 121 cm³/mol. The number of rotatable bonds is 9. The van der Waals surface area contributed by atoms with Gasteiger partial charge in [0.05, 0.1) is 6.42 Å². The van der Waals surface area contributed by atoms with E-state index in [1.807, 2.05) is 30.3 Å². The topological polar surface area (TPSA) is 125 Å². The average Bonchev–Trinajstić information content (AvgIpc) is 3.09. The molecule has 1 unspecified atom stereocenters. The third-order valence-electron chi connectivity index (χ3n) is 4.99. The summed E-state index contributed by atoms with van der Waals surface area (Å²) in [5, 5.41) is 0. The van der Waals surface area contributed by atoms with Gasteiger partial charge >= 0.3 is 11.9 Å². The molecular weight excluding hydrogens is 440 g/mol. The van der Waals surface area contributed by atoms with Crippen molar-refractivity contribution in [3.63, 3.8) is 0 Å². The lowest BCUT2D eigenvalue weighted by Crippen LogP contribution is -2.46. The van der Waals surface area contributed by atoms with E-state index < -0.39 is 35.4 Å². The van der Waals surface area contributed by atoms with Gasteiger partial charge in [0.1, 0.15) is 24.0 Å². The zero-order valence-corrected chi connectivity index (χ0v) is 19.4. The number of ether oxygens (including phenoxy) is 3. The summed E-state index contributed by atoms with van der Waals surface area (Å²) >= 11 is 0. The molecule has 2 amide bonds. The van der Waals surface area contributed by atoms with Crippen LogP contribution in [-0.2, 0) is 37.0 Å². The summed E-state index contributed by atoms with van der Waals surface area (Å²) in [4.78, 5) is 50.4. The molecule has 1 atom stereocenters. The molecule has 0 saturated heterocycles. The molecule has 2 aromatic carbocycles. The van der Waals surface area contributed by atoms with E-state index in [0.717, 1.165) is 5.56 Å². The molecule has 0 fully saturated rings. The Balaban J connectivity index is 1.62. The van der Waals surface area contributed by atoms with Crippen LogP contribution in [0.1, 0.15) is 48.7 Å². The Labute approximate surface area is 197 Å². The van der Waals surface area contributed by atoms with Crippen molar-refractivity contribution in [2.75, 3.05) is 6.61 Å². The van der Waals surface area contributed by atoms with Crippen molar-refractivity contribution >= 4 is 23.8 Å².